The van der Waals surface area contributed by atoms with Gasteiger partial charge in [-0.3, -0.25) is 14.9 Å². The van der Waals surface area contributed by atoms with Crippen molar-refractivity contribution in [3.8, 4) is 5.75 Å². The summed E-state index contributed by atoms with van der Waals surface area (Å²) >= 11 is 0. The van der Waals surface area contributed by atoms with Crippen LogP contribution in [0, 0.1) is 6.92 Å². The van der Waals surface area contributed by atoms with Crippen molar-refractivity contribution in [3.05, 3.63) is 53.6 Å². The second kappa shape index (κ2) is 8.22. The number of aryl methyl sites for hydroxylation is 1. The molecule has 5 heteroatoms. The Bertz CT molecular complexity index is 663. The van der Waals surface area contributed by atoms with Gasteiger partial charge in [0, 0.05) is 31.4 Å². The van der Waals surface area contributed by atoms with Crippen molar-refractivity contribution < 1.29 is 9.84 Å². The molecule has 0 aliphatic carbocycles. The molecule has 1 unspecified atom stereocenters. The summed E-state index contributed by atoms with van der Waals surface area (Å²) in [6, 6.07) is 8.13. The average molecular weight is 327 g/mol. The molecule has 0 amide bonds. The molecule has 1 aromatic carbocycles. The molecule has 2 heterocycles. The van der Waals surface area contributed by atoms with Crippen LogP contribution in [-0.4, -0.2) is 46.3 Å². The van der Waals surface area contributed by atoms with E-state index >= 15 is 0 Å². The highest BCUT2D eigenvalue weighted by Crippen LogP contribution is 2.26. The van der Waals surface area contributed by atoms with Gasteiger partial charge in [0.05, 0.1) is 18.0 Å². The topological polar surface area (TPSA) is 58.5 Å². The normalized spacial score (nSPS) is 18.5. The Morgan fingerprint density at radius 1 is 1.33 bits per heavy atom. The predicted octanol–water partition coefficient (Wildman–Crippen LogP) is 2.54. The van der Waals surface area contributed by atoms with Gasteiger partial charge in [-0.25, -0.2) is 0 Å². The number of likely N-dealkylation sites (tertiary alicyclic amines) is 1. The highest BCUT2D eigenvalue weighted by Gasteiger charge is 2.22. The first-order valence-corrected chi connectivity index (χ1v) is 8.58. The number of aliphatic hydroxyl groups is 1. The third-order valence-corrected chi connectivity index (χ3v) is 4.36. The Balaban J connectivity index is 1.63. The van der Waals surface area contributed by atoms with Crippen LogP contribution in [0.2, 0.25) is 0 Å². The molecular weight excluding hydrogens is 302 g/mol. The van der Waals surface area contributed by atoms with Crippen LogP contribution in [0.4, 0.5) is 0 Å². The number of hydrogen-bond acceptors (Lipinski definition) is 5. The molecular formula is C19H25N3O2. The van der Waals surface area contributed by atoms with Crippen molar-refractivity contribution in [1.29, 1.82) is 0 Å². The fourth-order valence-electron chi connectivity index (χ4n) is 3.28. The maximum Gasteiger partial charge on any atom is 0.119 e. The highest BCUT2D eigenvalue weighted by atomic mass is 16.5. The van der Waals surface area contributed by atoms with E-state index in [1.165, 1.54) is 18.4 Å². The molecule has 3 rings (SSSR count). The second-order valence-electron chi connectivity index (χ2n) is 6.38. The fourth-order valence-corrected chi connectivity index (χ4v) is 3.28. The minimum absolute atomic E-state index is 0.0373. The number of aromatic nitrogens is 2. The van der Waals surface area contributed by atoms with Crippen molar-refractivity contribution in [2.45, 2.75) is 32.2 Å². The minimum atomic E-state index is 0.0373. The van der Waals surface area contributed by atoms with E-state index in [1.807, 2.05) is 31.5 Å². The van der Waals surface area contributed by atoms with Crippen LogP contribution in [-0.2, 0) is 6.54 Å². The molecule has 2 aromatic rings. The van der Waals surface area contributed by atoms with Gasteiger partial charge in [-0.2, -0.15) is 0 Å². The first-order chi connectivity index (χ1) is 11.7. The third-order valence-electron chi connectivity index (χ3n) is 4.36. The lowest BCUT2D eigenvalue weighted by atomic mass is 9.94. The summed E-state index contributed by atoms with van der Waals surface area (Å²) in [5, 5.41) is 8.87. The molecule has 0 radical (unpaired) electrons. The first kappa shape index (κ1) is 16.9. The summed E-state index contributed by atoms with van der Waals surface area (Å²) in [6.07, 6.45) is 6.07. The molecule has 1 atom stereocenters. The van der Waals surface area contributed by atoms with Crippen molar-refractivity contribution in [1.82, 2.24) is 14.9 Å². The average Bonchev–Trinajstić information content (AvgIpc) is 2.60. The maximum absolute atomic E-state index is 8.87. The Hall–Kier alpha value is -1.98. The molecule has 1 fully saturated rings. The Labute approximate surface area is 143 Å². The molecule has 1 aliphatic heterocycles. The number of rotatable bonds is 6. The number of benzene rings is 1. The molecule has 1 N–H and O–H groups in total. The van der Waals surface area contributed by atoms with Crippen LogP contribution in [0.1, 0.15) is 35.7 Å². The largest absolute Gasteiger partial charge is 0.491 e. The van der Waals surface area contributed by atoms with Gasteiger partial charge in [0.2, 0.25) is 0 Å². The van der Waals surface area contributed by atoms with Crippen LogP contribution in [0.25, 0.3) is 0 Å². The maximum atomic E-state index is 8.87. The number of ether oxygens (including phenoxy) is 1. The van der Waals surface area contributed by atoms with Crippen LogP contribution in [0.5, 0.6) is 5.75 Å². The summed E-state index contributed by atoms with van der Waals surface area (Å²) in [4.78, 5) is 11.4. The van der Waals surface area contributed by atoms with E-state index in [2.05, 4.69) is 27.0 Å². The Kier molecular flexibility index (Phi) is 5.77. The molecule has 0 spiro atoms. The van der Waals surface area contributed by atoms with Crippen LogP contribution in [0.15, 0.2) is 36.7 Å². The van der Waals surface area contributed by atoms with Crippen LogP contribution in [0.3, 0.4) is 0 Å². The van der Waals surface area contributed by atoms with Gasteiger partial charge < -0.3 is 9.84 Å². The molecule has 128 valence electrons. The zero-order valence-corrected chi connectivity index (χ0v) is 14.2. The predicted molar refractivity (Wildman–Crippen MR) is 93.0 cm³/mol. The Morgan fingerprint density at radius 3 is 3.08 bits per heavy atom. The summed E-state index contributed by atoms with van der Waals surface area (Å²) < 4.78 is 5.50. The first-order valence-electron chi connectivity index (χ1n) is 8.58. The van der Waals surface area contributed by atoms with Gasteiger partial charge in [0.15, 0.2) is 0 Å². The second-order valence-corrected chi connectivity index (χ2v) is 6.38. The van der Waals surface area contributed by atoms with Gasteiger partial charge in [0.25, 0.3) is 0 Å². The van der Waals surface area contributed by atoms with Gasteiger partial charge in [-0.15, -0.1) is 0 Å². The molecule has 5 nitrogen and oxygen atoms in total. The zero-order chi connectivity index (χ0) is 16.8. The van der Waals surface area contributed by atoms with Gasteiger partial charge in [-0.1, -0.05) is 12.1 Å². The standard InChI is InChI=1S/C19H25N3O2/c1-15-11-20-12-19(21-15)17-5-3-7-22(14-17)13-16-4-2-6-18(10-16)24-9-8-23/h2,4,6,10-12,17,23H,3,5,7-9,13-14H2,1H3. The van der Waals surface area contributed by atoms with E-state index in [0.29, 0.717) is 12.5 Å². The van der Waals surface area contributed by atoms with E-state index in [-0.39, 0.29) is 6.61 Å². The van der Waals surface area contributed by atoms with Gasteiger partial charge in [0.1, 0.15) is 12.4 Å². The van der Waals surface area contributed by atoms with Crippen molar-refractivity contribution in [2.75, 3.05) is 26.3 Å². The molecule has 1 saturated heterocycles. The third kappa shape index (κ3) is 4.52. The van der Waals surface area contributed by atoms with E-state index in [4.69, 9.17) is 9.84 Å². The van der Waals surface area contributed by atoms with E-state index in [0.717, 1.165) is 36.8 Å². The zero-order valence-electron chi connectivity index (χ0n) is 14.2. The lowest BCUT2D eigenvalue weighted by Crippen LogP contribution is -2.34. The summed E-state index contributed by atoms with van der Waals surface area (Å²) in [5.74, 6) is 1.28. The van der Waals surface area contributed by atoms with Crippen molar-refractivity contribution in [3.63, 3.8) is 0 Å². The number of piperidine rings is 1. The van der Waals surface area contributed by atoms with E-state index < -0.39 is 0 Å². The molecule has 24 heavy (non-hydrogen) atoms. The molecule has 1 aromatic heterocycles. The molecule has 0 bridgehead atoms. The minimum Gasteiger partial charge on any atom is -0.491 e. The highest BCUT2D eigenvalue weighted by molar-refractivity contribution is 5.28. The fraction of sp³-hybridized carbons (Fsp3) is 0.474. The molecule has 0 saturated carbocycles. The van der Waals surface area contributed by atoms with Crippen LogP contribution < -0.4 is 4.74 Å². The van der Waals surface area contributed by atoms with E-state index in [9.17, 15) is 0 Å². The lowest BCUT2D eigenvalue weighted by molar-refractivity contribution is 0.195. The lowest BCUT2D eigenvalue weighted by Gasteiger charge is -2.32. The number of nitrogens with zero attached hydrogens (tertiary/aromatic N) is 3. The Morgan fingerprint density at radius 2 is 2.25 bits per heavy atom. The van der Waals surface area contributed by atoms with Gasteiger partial charge in [-0.05, 0) is 44.0 Å². The van der Waals surface area contributed by atoms with Crippen molar-refractivity contribution >= 4 is 0 Å². The van der Waals surface area contributed by atoms with Gasteiger partial charge >= 0.3 is 0 Å². The van der Waals surface area contributed by atoms with E-state index in [1.54, 1.807) is 0 Å². The monoisotopic (exact) mass is 327 g/mol. The quantitative estimate of drug-likeness (QED) is 0.883. The summed E-state index contributed by atoms with van der Waals surface area (Å²) in [7, 11) is 0. The summed E-state index contributed by atoms with van der Waals surface area (Å²) in [5.41, 5.74) is 3.33. The smallest absolute Gasteiger partial charge is 0.119 e. The number of hydrogen-bond donors (Lipinski definition) is 1. The van der Waals surface area contributed by atoms with Crippen molar-refractivity contribution in [2.24, 2.45) is 0 Å². The SMILES string of the molecule is Cc1cncc(C2CCCN(Cc3cccc(OCCO)c3)C2)n1. The summed E-state index contributed by atoms with van der Waals surface area (Å²) in [6.45, 7) is 5.40. The molecule has 1 aliphatic rings. The van der Waals surface area contributed by atoms with Crippen LogP contribution >= 0.6 is 0 Å². The number of aliphatic hydroxyl groups excluding tert-OH is 1.